The highest BCUT2D eigenvalue weighted by molar-refractivity contribution is 6.07. The summed E-state index contributed by atoms with van der Waals surface area (Å²) in [6.07, 6.45) is -0.496. The van der Waals surface area contributed by atoms with Crippen LogP contribution in [0.15, 0.2) is 0 Å². The first-order valence-electron chi connectivity index (χ1n) is 4.95. The van der Waals surface area contributed by atoms with Gasteiger partial charge >= 0.3 is 23.9 Å². The van der Waals surface area contributed by atoms with Crippen molar-refractivity contribution in [1.82, 2.24) is 0 Å². The minimum Gasteiger partial charge on any atom is -0.481 e. The van der Waals surface area contributed by atoms with E-state index in [0.717, 1.165) is 14.2 Å². The van der Waals surface area contributed by atoms with Crippen molar-refractivity contribution in [3.05, 3.63) is 0 Å². The molecule has 1 rings (SSSR count). The number of carboxylic acids is 2. The summed E-state index contributed by atoms with van der Waals surface area (Å²) in [5.41, 5.74) is -2.18. The van der Waals surface area contributed by atoms with E-state index in [-0.39, 0.29) is 0 Å². The fourth-order valence-electron chi connectivity index (χ4n) is 2.20. The van der Waals surface area contributed by atoms with Crippen molar-refractivity contribution in [1.29, 1.82) is 0 Å². The van der Waals surface area contributed by atoms with Crippen molar-refractivity contribution in [2.45, 2.75) is 6.42 Å². The fourth-order valence-corrected chi connectivity index (χ4v) is 2.20. The van der Waals surface area contributed by atoms with Crippen LogP contribution in [0.25, 0.3) is 0 Å². The molecular formula is C10H12O8. The van der Waals surface area contributed by atoms with E-state index in [1.165, 1.54) is 0 Å². The van der Waals surface area contributed by atoms with Gasteiger partial charge in [-0.05, 0) is 6.42 Å². The summed E-state index contributed by atoms with van der Waals surface area (Å²) in [6, 6.07) is 0. The topological polar surface area (TPSA) is 127 Å². The van der Waals surface area contributed by atoms with E-state index in [9.17, 15) is 19.2 Å². The van der Waals surface area contributed by atoms with Gasteiger partial charge in [-0.25, -0.2) is 0 Å². The van der Waals surface area contributed by atoms with Crippen LogP contribution in [0.4, 0.5) is 0 Å². The summed E-state index contributed by atoms with van der Waals surface area (Å²) in [4.78, 5) is 45.1. The molecule has 0 saturated heterocycles. The molecule has 3 unspecified atom stereocenters. The van der Waals surface area contributed by atoms with E-state index < -0.39 is 47.5 Å². The summed E-state index contributed by atoms with van der Waals surface area (Å²) in [5, 5.41) is 18.0. The van der Waals surface area contributed by atoms with E-state index in [1.54, 1.807) is 0 Å². The molecule has 8 nitrogen and oxygen atoms in total. The Labute approximate surface area is 101 Å². The van der Waals surface area contributed by atoms with Crippen molar-refractivity contribution in [3.63, 3.8) is 0 Å². The third kappa shape index (κ3) is 1.69. The lowest BCUT2D eigenvalue weighted by atomic mass is 9.53. The Bertz CT molecular complexity index is 414. The van der Waals surface area contributed by atoms with Gasteiger partial charge in [0.25, 0.3) is 0 Å². The van der Waals surface area contributed by atoms with Crippen molar-refractivity contribution < 1.29 is 38.9 Å². The van der Waals surface area contributed by atoms with Gasteiger partial charge in [-0.2, -0.15) is 0 Å². The van der Waals surface area contributed by atoms with Gasteiger partial charge in [-0.15, -0.1) is 0 Å². The molecule has 1 fully saturated rings. The first-order chi connectivity index (χ1) is 8.32. The van der Waals surface area contributed by atoms with Crippen molar-refractivity contribution in [2.24, 2.45) is 17.3 Å². The Morgan fingerprint density at radius 1 is 1.11 bits per heavy atom. The number of methoxy groups -OCH3 is 2. The number of aliphatic carboxylic acids is 2. The Morgan fingerprint density at radius 2 is 1.67 bits per heavy atom. The van der Waals surface area contributed by atoms with Gasteiger partial charge in [0.1, 0.15) is 0 Å². The second kappa shape index (κ2) is 4.63. The number of hydrogen-bond donors (Lipinski definition) is 2. The molecule has 0 aromatic carbocycles. The molecule has 1 saturated carbocycles. The monoisotopic (exact) mass is 260 g/mol. The van der Waals surface area contributed by atoms with Crippen molar-refractivity contribution in [3.8, 4) is 0 Å². The maximum atomic E-state index is 11.6. The second-order valence-electron chi connectivity index (χ2n) is 3.92. The van der Waals surface area contributed by atoms with E-state index in [4.69, 9.17) is 10.2 Å². The van der Waals surface area contributed by atoms with Crippen LogP contribution < -0.4 is 0 Å². The summed E-state index contributed by atoms with van der Waals surface area (Å²) in [7, 11) is 1.96. The lowest BCUT2D eigenvalue weighted by Crippen LogP contribution is -2.63. The molecule has 3 atom stereocenters. The maximum absolute atomic E-state index is 11.6. The molecule has 0 radical (unpaired) electrons. The van der Waals surface area contributed by atoms with Gasteiger partial charge in [0.05, 0.1) is 26.1 Å². The van der Waals surface area contributed by atoms with Crippen LogP contribution in [-0.4, -0.2) is 48.3 Å². The fraction of sp³-hybridized carbons (Fsp3) is 0.600. The zero-order chi connectivity index (χ0) is 14.1. The van der Waals surface area contributed by atoms with Gasteiger partial charge in [0.2, 0.25) is 0 Å². The molecular weight excluding hydrogens is 248 g/mol. The van der Waals surface area contributed by atoms with Crippen LogP contribution >= 0.6 is 0 Å². The van der Waals surface area contributed by atoms with E-state index in [1.807, 2.05) is 0 Å². The van der Waals surface area contributed by atoms with Crippen LogP contribution in [0.1, 0.15) is 6.42 Å². The number of carbonyl (C=O) groups excluding carboxylic acids is 2. The molecule has 1 aliphatic carbocycles. The molecule has 0 bridgehead atoms. The van der Waals surface area contributed by atoms with Gasteiger partial charge in [0.15, 0.2) is 5.41 Å². The first-order valence-corrected chi connectivity index (χ1v) is 4.95. The smallest absolute Gasteiger partial charge is 0.324 e. The van der Waals surface area contributed by atoms with Crippen LogP contribution in [0, 0.1) is 17.3 Å². The lowest BCUT2D eigenvalue weighted by Gasteiger charge is -2.45. The number of carboxylic acid groups (broad SMARTS) is 2. The predicted octanol–water partition coefficient (Wildman–Crippen LogP) is -0.876. The summed E-state index contributed by atoms with van der Waals surface area (Å²) in [6.45, 7) is 0. The molecule has 0 aromatic rings. The number of rotatable bonds is 4. The normalized spacial score (nSPS) is 29.9. The number of carbonyl (C=O) groups is 4. The molecule has 0 spiro atoms. The third-order valence-electron chi connectivity index (χ3n) is 3.18. The Hall–Kier alpha value is -2.12. The highest BCUT2D eigenvalue weighted by atomic mass is 16.5. The molecule has 2 N–H and O–H groups in total. The van der Waals surface area contributed by atoms with Crippen molar-refractivity contribution >= 4 is 23.9 Å². The van der Waals surface area contributed by atoms with Gasteiger partial charge in [-0.1, -0.05) is 0 Å². The summed E-state index contributed by atoms with van der Waals surface area (Å²) in [5.74, 6) is -8.00. The van der Waals surface area contributed by atoms with Gasteiger partial charge in [-0.3, -0.25) is 19.2 Å². The minimum absolute atomic E-state index is 0.496. The molecule has 0 aromatic heterocycles. The van der Waals surface area contributed by atoms with Crippen LogP contribution in [-0.2, 0) is 28.7 Å². The number of esters is 2. The minimum atomic E-state index is -2.18. The Morgan fingerprint density at radius 3 is 2.00 bits per heavy atom. The quantitative estimate of drug-likeness (QED) is 0.493. The SMILES string of the molecule is COC(=O)C1C(C(=O)O)CC1(C(=O)O)C(=O)OC. The molecule has 0 heterocycles. The van der Waals surface area contributed by atoms with Crippen LogP contribution in [0.3, 0.4) is 0 Å². The molecule has 8 heteroatoms. The zero-order valence-electron chi connectivity index (χ0n) is 9.71. The zero-order valence-corrected chi connectivity index (χ0v) is 9.71. The van der Waals surface area contributed by atoms with E-state index in [2.05, 4.69) is 9.47 Å². The molecule has 100 valence electrons. The highest BCUT2D eigenvalue weighted by Gasteiger charge is 2.70. The van der Waals surface area contributed by atoms with Gasteiger partial charge < -0.3 is 19.7 Å². The first kappa shape index (κ1) is 13.9. The number of hydrogen-bond acceptors (Lipinski definition) is 6. The van der Waals surface area contributed by atoms with Crippen LogP contribution in [0.5, 0.6) is 0 Å². The second-order valence-corrected chi connectivity index (χ2v) is 3.92. The largest absolute Gasteiger partial charge is 0.481 e. The van der Waals surface area contributed by atoms with Gasteiger partial charge in [0, 0.05) is 0 Å². The van der Waals surface area contributed by atoms with Crippen LogP contribution in [0.2, 0.25) is 0 Å². The predicted molar refractivity (Wildman–Crippen MR) is 53.3 cm³/mol. The van der Waals surface area contributed by atoms with E-state index in [0.29, 0.717) is 0 Å². The summed E-state index contributed by atoms with van der Waals surface area (Å²) >= 11 is 0. The number of ether oxygens (including phenoxy) is 2. The lowest BCUT2D eigenvalue weighted by molar-refractivity contribution is -0.201. The third-order valence-corrected chi connectivity index (χ3v) is 3.18. The van der Waals surface area contributed by atoms with E-state index >= 15 is 0 Å². The average molecular weight is 260 g/mol. The molecule has 0 aliphatic heterocycles. The maximum Gasteiger partial charge on any atom is 0.324 e. The molecule has 18 heavy (non-hydrogen) atoms. The Kier molecular flexibility index (Phi) is 3.59. The molecule has 1 aliphatic rings. The highest BCUT2D eigenvalue weighted by Crippen LogP contribution is 2.53. The van der Waals surface area contributed by atoms with Crippen molar-refractivity contribution in [2.75, 3.05) is 14.2 Å². The molecule has 0 amide bonds. The average Bonchev–Trinajstić information content (AvgIpc) is 2.26. The summed E-state index contributed by atoms with van der Waals surface area (Å²) < 4.78 is 8.71. The Balaban J connectivity index is 3.21. The standard InChI is InChI=1S/C10H12O8/c1-17-7(13)5-4(6(11)12)3-10(5,8(14)15)9(16)18-2/h4-5H,3H2,1-2H3,(H,11,12)(H,14,15).